The molecule has 2 aliphatic heterocycles. The molecule has 0 aromatic carbocycles. The molecule has 2 heterocycles. The molecule has 78 valence electrons. The standard InChI is InChI=1S/C7H10O2.2C2H6/c8-7-5-1-3-6(9-7)4-2-5;2*1-2/h5-6H,1-4H2;2*1-2H3. The first kappa shape index (κ1) is 12.5. The highest BCUT2D eigenvalue weighted by Gasteiger charge is 2.35. The van der Waals surface area contributed by atoms with E-state index in [2.05, 4.69) is 0 Å². The zero-order valence-corrected chi connectivity index (χ0v) is 9.30. The van der Waals surface area contributed by atoms with Crippen LogP contribution in [0.2, 0.25) is 0 Å². The molecule has 0 aromatic heterocycles. The Kier molecular flexibility index (Phi) is 6.65. The van der Waals surface area contributed by atoms with Gasteiger partial charge in [-0.3, -0.25) is 4.79 Å². The molecule has 1 saturated carbocycles. The van der Waals surface area contributed by atoms with E-state index in [0.717, 1.165) is 25.7 Å². The number of hydrogen-bond donors (Lipinski definition) is 0. The lowest BCUT2D eigenvalue weighted by Gasteiger charge is -2.34. The van der Waals surface area contributed by atoms with E-state index >= 15 is 0 Å². The van der Waals surface area contributed by atoms with Crippen LogP contribution in [0.15, 0.2) is 0 Å². The summed E-state index contributed by atoms with van der Waals surface area (Å²) in [6, 6.07) is 0. The summed E-state index contributed by atoms with van der Waals surface area (Å²) < 4.78 is 5.05. The van der Waals surface area contributed by atoms with Crippen LogP contribution in [-0.4, -0.2) is 12.1 Å². The van der Waals surface area contributed by atoms with Crippen LogP contribution < -0.4 is 0 Å². The molecular formula is C11H22O2. The molecule has 2 heteroatoms. The van der Waals surface area contributed by atoms with Gasteiger partial charge in [0.05, 0.1) is 5.92 Å². The van der Waals surface area contributed by atoms with E-state index in [1.807, 2.05) is 27.7 Å². The molecule has 0 N–H and O–H groups in total. The monoisotopic (exact) mass is 186 g/mol. The molecule has 0 radical (unpaired) electrons. The number of fused-ring (bicyclic) bond motifs is 3. The molecule has 3 fully saturated rings. The van der Waals surface area contributed by atoms with Gasteiger partial charge in [-0.1, -0.05) is 27.7 Å². The Morgan fingerprint density at radius 3 is 1.62 bits per heavy atom. The van der Waals surface area contributed by atoms with E-state index in [1.165, 1.54) is 0 Å². The Bertz CT molecular complexity index is 135. The third kappa shape index (κ3) is 3.37. The van der Waals surface area contributed by atoms with Gasteiger partial charge in [0.2, 0.25) is 0 Å². The smallest absolute Gasteiger partial charge is 0.309 e. The van der Waals surface area contributed by atoms with Gasteiger partial charge in [0, 0.05) is 0 Å². The number of rotatable bonds is 0. The molecule has 0 unspecified atom stereocenters. The number of esters is 1. The molecule has 0 atom stereocenters. The largest absolute Gasteiger partial charge is 0.462 e. The van der Waals surface area contributed by atoms with Crippen molar-refractivity contribution >= 4 is 5.97 Å². The van der Waals surface area contributed by atoms with Gasteiger partial charge in [-0.05, 0) is 25.7 Å². The third-order valence-corrected chi connectivity index (χ3v) is 2.29. The summed E-state index contributed by atoms with van der Waals surface area (Å²) >= 11 is 0. The quantitative estimate of drug-likeness (QED) is 0.543. The average Bonchev–Trinajstić information content (AvgIpc) is 2.25. The highest BCUT2D eigenvalue weighted by molar-refractivity contribution is 5.74. The summed E-state index contributed by atoms with van der Waals surface area (Å²) in [6.45, 7) is 8.00. The molecule has 0 amide bonds. The second-order valence-corrected chi connectivity index (χ2v) is 2.91. The van der Waals surface area contributed by atoms with Crippen molar-refractivity contribution in [2.45, 2.75) is 59.5 Å². The van der Waals surface area contributed by atoms with E-state index in [0.29, 0.717) is 0 Å². The van der Waals surface area contributed by atoms with Crippen molar-refractivity contribution in [1.82, 2.24) is 0 Å². The highest BCUT2D eigenvalue weighted by atomic mass is 16.5. The minimum atomic E-state index is 0.0532. The number of ether oxygens (including phenoxy) is 1. The van der Waals surface area contributed by atoms with Crippen LogP contribution in [0.3, 0.4) is 0 Å². The van der Waals surface area contributed by atoms with E-state index in [1.54, 1.807) is 0 Å². The minimum Gasteiger partial charge on any atom is -0.462 e. The van der Waals surface area contributed by atoms with Gasteiger partial charge in [0.15, 0.2) is 0 Å². The zero-order chi connectivity index (χ0) is 10.3. The van der Waals surface area contributed by atoms with Crippen molar-refractivity contribution < 1.29 is 9.53 Å². The highest BCUT2D eigenvalue weighted by Crippen LogP contribution is 2.33. The summed E-state index contributed by atoms with van der Waals surface area (Å²) in [5.41, 5.74) is 0. The molecule has 3 aliphatic rings. The lowest BCUT2D eigenvalue weighted by molar-refractivity contribution is -0.168. The summed E-state index contributed by atoms with van der Waals surface area (Å²) in [7, 11) is 0. The fourth-order valence-electron chi connectivity index (χ4n) is 1.68. The maximum Gasteiger partial charge on any atom is 0.309 e. The van der Waals surface area contributed by atoms with Gasteiger partial charge in [-0.25, -0.2) is 0 Å². The van der Waals surface area contributed by atoms with Crippen LogP contribution in [0.5, 0.6) is 0 Å². The van der Waals surface area contributed by atoms with Crippen LogP contribution in [0.1, 0.15) is 53.4 Å². The topological polar surface area (TPSA) is 26.3 Å². The van der Waals surface area contributed by atoms with Crippen LogP contribution >= 0.6 is 0 Å². The number of hydrogen-bond acceptors (Lipinski definition) is 2. The number of carbonyl (C=O) groups is 1. The second-order valence-electron chi connectivity index (χ2n) is 2.91. The van der Waals surface area contributed by atoms with Crippen LogP contribution in [0.25, 0.3) is 0 Å². The van der Waals surface area contributed by atoms with E-state index in [4.69, 9.17) is 4.74 Å². The fraction of sp³-hybridized carbons (Fsp3) is 0.909. The average molecular weight is 186 g/mol. The lowest BCUT2D eigenvalue weighted by atomic mass is 9.84. The Labute approximate surface area is 81.7 Å². The van der Waals surface area contributed by atoms with Crippen molar-refractivity contribution in [3.8, 4) is 0 Å². The molecule has 13 heavy (non-hydrogen) atoms. The first-order valence-corrected chi connectivity index (χ1v) is 5.57. The van der Waals surface area contributed by atoms with Gasteiger partial charge in [-0.15, -0.1) is 0 Å². The third-order valence-electron chi connectivity index (χ3n) is 2.29. The molecule has 2 saturated heterocycles. The molecule has 0 spiro atoms. The van der Waals surface area contributed by atoms with E-state index in [9.17, 15) is 4.79 Å². The van der Waals surface area contributed by atoms with Gasteiger partial charge in [0.25, 0.3) is 0 Å². The normalized spacial score (nSPS) is 29.1. The Morgan fingerprint density at radius 1 is 1.00 bits per heavy atom. The Balaban J connectivity index is 0.000000322. The number of carbonyl (C=O) groups excluding carboxylic acids is 1. The van der Waals surface area contributed by atoms with Gasteiger partial charge in [-0.2, -0.15) is 0 Å². The Morgan fingerprint density at radius 2 is 1.46 bits per heavy atom. The Hall–Kier alpha value is -0.530. The maximum atomic E-state index is 10.8. The molecule has 1 aliphatic carbocycles. The summed E-state index contributed by atoms with van der Waals surface area (Å²) in [6.07, 6.45) is 4.64. The molecule has 3 rings (SSSR count). The predicted molar refractivity (Wildman–Crippen MR) is 54.5 cm³/mol. The minimum absolute atomic E-state index is 0.0532. The first-order valence-electron chi connectivity index (χ1n) is 5.57. The van der Waals surface area contributed by atoms with E-state index in [-0.39, 0.29) is 18.0 Å². The van der Waals surface area contributed by atoms with Crippen molar-refractivity contribution in [2.75, 3.05) is 0 Å². The molecule has 2 nitrogen and oxygen atoms in total. The van der Waals surface area contributed by atoms with Crippen molar-refractivity contribution in [3.05, 3.63) is 0 Å². The maximum absolute atomic E-state index is 10.8. The van der Waals surface area contributed by atoms with Gasteiger partial charge in [0.1, 0.15) is 6.10 Å². The van der Waals surface area contributed by atoms with Crippen LogP contribution in [-0.2, 0) is 9.53 Å². The second kappa shape index (κ2) is 6.93. The fourth-order valence-corrected chi connectivity index (χ4v) is 1.68. The summed E-state index contributed by atoms with van der Waals surface area (Å²) in [5, 5.41) is 0. The molecular weight excluding hydrogens is 164 g/mol. The first-order chi connectivity index (χ1) is 6.36. The zero-order valence-electron chi connectivity index (χ0n) is 9.30. The van der Waals surface area contributed by atoms with Crippen molar-refractivity contribution in [3.63, 3.8) is 0 Å². The summed E-state index contributed by atoms with van der Waals surface area (Å²) in [4.78, 5) is 10.8. The van der Waals surface area contributed by atoms with Crippen LogP contribution in [0.4, 0.5) is 0 Å². The summed E-state index contributed by atoms with van der Waals surface area (Å²) in [5.74, 6) is 0.313. The van der Waals surface area contributed by atoms with Crippen molar-refractivity contribution in [2.24, 2.45) is 5.92 Å². The van der Waals surface area contributed by atoms with E-state index < -0.39 is 0 Å². The molecule has 2 bridgehead atoms. The van der Waals surface area contributed by atoms with Crippen molar-refractivity contribution in [1.29, 1.82) is 0 Å². The van der Waals surface area contributed by atoms with Gasteiger partial charge >= 0.3 is 5.97 Å². The molecule has 0 aromatic rings. The SMILES string of the molecule is CC.CC.O=C1OC2CCC1CC2. The lowest BCUT2D eigenvalue weighted by Crippen LogP contribution is -2.37. The van der Waals surface area contributed by atoms with Crippen LogP contribution in [0, 0.1) is 5.92 Å². The van der Waals surface area contributed by atoms with Gasteiger partial charge < -0.3 is 4.74 Å². The predicted octanol–water partition coefficient (Wildman–Crippen LogP) is 3.15.